The number of unbranched alkanes of at least 4 members (excludes halogenated alkanes) is 1. The molecule has 1 aromatic heterocycles. The molecule has 2 rings (SSSR count). The summed E-state index contributed by atoms with van der Waals surface area (Å²) in [5.74, 6) is 1.42. The van der Waals surface area contributed by atoms with Crippen LogP contribution >= 0.6 is 69.6 Å². The molecule has 0 unspecified atom stereocenters. The standard InChI is InChI=1S/C23H22Cl6N2O4/c24-18-13-17(32-11-6-20(26)27)14-19(25)23(18)34-10-2-1-9-33-22-4-3-16(15-30-22)5-8-31-35-12-7-21(28)29/h3-4,6-8,13-15H,1-2,5,9-12H2/b31-8+. The van der Waals surface area contributed by atoms with Gasteiger partial charge in [-0.2, -0.15) is 0 Å². The molecule has 1 heterocycles. The monoisotopic (exact) mass is 600 g/mol. The Morgan fingerprint density at radius 2 is 1.51 bits per heavy atom. The first-order valence-electron chi connectivity index (χ1n) is 10.3. The topological polar surface area (TPSA) is 62.2 Å². The largest absolute Gasteiger partial charge is 0.490 e. The Hall–Kier alpha value is -1.54. The summed E-state index contributed by atoms with van der Waals surface area (Å²) in [5.41, 5.74) is 0.966. The van der Waals surface area contributed by atoms with Gasteiger partial charge in [-0.3, -0.25) is 0 Å². The van der Waals surface area contributed by atoms with Crippen molar-refractivity contribution in [2.75, 3.05) is 26.4 Å². The van der Waals surface area contributed by atoms with Crippen molar-refractivity contribution in [3.8, 4) is 17.4 Å². The summed E-state index contributed by atoms with van der Waals surface area (Å²) < 4.78 is 17.1. The van der Waals surface area contributed by atoms with Crippen molar-refractivity contribution in [1.29, 1.82) is 0 Å². The highest BCUT2D eigenvalue weighted by molar-refractivity contribution is 6.56. The fourth-order valence-electron chi connectivity index (χ4n) is 2.47. The fraction of sp³-hybridized carbons (Fsp3) is 0.304. The number of rotatable bonds is 15. The van der Waals surface area contributed by atoms with E-state index in [2.05, 4.69) is 10.1 Å². The highest BCUT2D eigenvalue weighted by Gasteiger charge is 2.10. The van der Waals surface area contributed by atoms with E-state index in [-0.39, 0.29) is 22.2 Å². The van der Waals surface area contributed by atoms with Crippen LogP contribution in [0.5, 0.6) is 17.4 Å². The number of aromatic nitrogens is 1. The minimum Gasteiger partial charge on any atom is -0.490 e. The molecule has 0 N–H and O–H groups in total. The Bertz CT molecular complexity index is 985. The molecule has 0 atom stereocenters. The van der Waals surface area contributed by atoms with Crippen LogP contribution in [-0.4, -0.2) is 37.6 Å². The van der Waals surface area contributed by atoms with Crippen LogP contribution in [0.2, 0.25) is 10.0 Å². The molecule has 35 heavy (non-hydrogen) atoms. The minimum absolute atomic E-state index is 0.120. The Morgan fingerprint density at radius 3 is 2.14 bits per heavy atom. The van der Waals surface area contributed by atoms with Crippen molar-refractivity contribution in [2.24, 2.45) is 5.16 Å². The third kappa shape index (κ3) is 12.8. The first-order valence-corrected chi connectivity index (χ1v) is 12.6. The first kappa shape index (κ1) is 29.7. The van der Waals surface area contributed by atoms with Gasteiger partial charge in [0.25, 0.3) is 0 Å². The van der Waals surface area contributed by atoms with Gasteiger partial charge >= 0.3 is 0 Å². The molecule has 1 aromatic carbocycles. The molecule has 0 aliphatic rings. The Balaban J connectivity index is 1.65. The third-order valence-electron chi connectivity index (χ3n) is 4.08. The lowest BCUT2D eigenvalue weighted by Gasteiger charge is -2.12. The maximum absolute atomic E-state index is 6.26. The second-order valence-electron chi connectivity index (χ2n) is 6.71. The van der Waals surface area contributed by atoms with E-state index >= 15 is 0 Å². The molecule has 0 radical (unpaired) electrons. The van der Waals surface area contributed by atoms with Gasteiger partial charge in [-0.25, -0.2) is 4.98 Å². The van der Waals surface area contributed by atoms with Gasteiger partial charge in [0, 0.05) is 37.0 Å². The molecule has 0 aliphatic heterocycles. The number of halogens is 6. The van der Waals surface area contributed by atoms with E-state index in [0.29, 0.717) is 47.1 Å². The predicted octanol–water partition coefficient (Wildman–Crippen LogP) is 8.19. The highest BCUT2D eigenvalue weighted by atomic mass is 35.5. The first-order chi connectivity index (χ1) is 16.8. The van der Waals surface area contributed by atoms with Gasteiger partial charge < -0.3 is 19.0 Å². The van der Waals surface area contributed by atoms with E-state index in [9.17, 15) is 0 Å². The second kappa shape index (κ2) is 17.0. The quantitative estimate of drug-likeness (QED) is 0.117. The summed E-state index contributed by atoms with van der Waals surface area (Å²) in [6.07, 6.45) is 8.42. The van der Waals surface area contributed by atoms with Gasteiger partial charge in [0.2, 0.25) is 5.88 Å². The number of hydrogen-bond donors (Lipinski definition) is 0. The SMILES string of the molecule is ClC(Cl)=CCO/N=C/Cc1ccc(OCCCCOc2c(Cl)cc(OCC=C(Cl)Cl)cc2Cl)nc1. The van der Waals surface area contributed by atoms with Crippen molar-refractivity contribution < 1.29 is 19.0 Å². The van der Waals surface area contributed by atoms with Gasteiger partial charge in [-0.15, -0.1) is 0 Å². The van der Waals surface area contributed by atoms with Crippen molar-refractivity contribution in [3.05, 3.63) is 67.2 Å². The molecule has 0 saturated carbocycles. The van der Waals surface area contributed by atoms with Crippen molar-refractivity contribution in [2.45, 2.75) is 19.3 Å². The maximum atomic E-state index is 6.26. The number of hydrogen-bond acceptors (Lipinski definition) is 6. The summed E-state index contributed by atoms with van der Waals surface area (Å²) >= 11 is 34.6. The summed E-state index contributed by atoms with van der Waals surface area (Å²) in [6, 6.07) is 6.94. The van der Waals surface area contributed by atoms with Crippen LogP contribution in [0, 0.1) is 0 Å². The zero-order chi connectivity index (χ0) is 25.5. The maximum Gasteiger partial charge on any atom is 0.213 e. The predicted molar refractivity (Wildman–Crippen MR) is 144 cm³/mol. The molecule has 0 spiro atoms. The third-order valence-corrected chi connectivity index (χ3v) is 5.26. The van der Waals surface area contributed by atoms with Crippen molar-refractivity contribution in [3.63, 3.8) is 0 Å². The van der Waals surface area contributed by atoms with Crippen molar-refractivity contribution in [1.82, 2.24) is 4.98 Å². The molecule has 6 nitrogen and oxygen atoms in total. The van der Waals surface area contributed by atoms with E-state index in [1.54, 1.807) is 30.6 Å². The highest BCUT2D eigenvalue weighted by Crippen LogP contribution is 2.37. The van der Waals surface area contributed by atoms with Crippen LogP contribution in [0.3, 0.4) is 0 Å². The number of oxime groups is 1. The molecule has 0 aliphatic carbocycles. The van der Waals surface area contributed by atoms with Crippen LogP contribution in [0.4, 0.5) is 0 Å². The molecule has 190 valence electrons. The Morgan fingerprint density at radius 1 is 0.857 bits per heavy atom. The van der Waals surface area contributed by atoms with Crippen LogP contribution in [-0.2, 0) is 11.3 Å². The van der Waals surface area contributed by atoms with E-state index in [0.717, 1.165) is 18.4 Å². The lowest BCUT2D eigenvalue weighted by atomic mass is 10.2. The zero-order valence-electron chi connectivity index (χ0n) is 18.4. The zero-order valence-corrected chi connectivity index (χ0v) is 22.9. The summed E-state index contributed by atoms with van der Waals surface area (Å²) in [6.45, 7) is 1.32. The number of pyridine rings is 1. The van der Waals surface area contributed by atoms with Gasteiger partial charge in [0.05, 0.1) is 23.3 Å². The molecule has 2 aromatic rings. The molecular formula is C23H22Cl6N2O4. The van der Waals surface area contributed by atoms with Gasteiger partial charge in [0.15, 0.2) is 5.75 Å². The van der Waals surface area contributed by atoms with E-state index in [1.807, 2.05) is 6.07 Å². The van der Waals surface area contributed by atoms with Gasteiger partial charge in [-0.05, 0) is 30.6 Å². The normalized spacial score (nSPS) is 10.7. The average molecular weight is 603 g/mol. The van der Waals surface area contributed by atoms with Gasteiger partial charge in [-0.1, -0.05) is 80.8 Å². The summed E-state index contributed by atoms with van der Waals surface area (Å²) in [5, 5.41) is 4.50. The second-order valence-corrected chi connectivity index (χ2v) is 9.54. The van der Waals surface area contributed by atoms with E-state index in [1.165, 1.54) is 12.2 Å². The average Bonchev–Trinajstić information content (AvgIpc) is 2.80. The van der Waals surface area contributed by atoms with Crippen molar-refractivity contribution >= 4 is 75.8 Å². The fourth-order valence-corrected chi connectivity index (χ4v) is 3.30. The summed E-state index contributed by atoms with van der Waals surface area (Å²) in [7, 11) is 0. The molecule has 0 saturated heterocycles. The lowest BCUT2D eigenvalue weighted by molar-refractivity contribution is 0.176. The van der Waals surface area contributed by atoms with Crippen LogP contribution in [0.25, 0.3) is 0 Å². The lowest BCUT2D eigenvalue weighted by Crippen LogP contribution is -2.04. The van der Waals surface area contributed by atoms with Gasteiger partial charge in [0.1, 0.15) is 27.9 Å². The number of ether oxygens (including phenoxy) is 3. The molecular weight excluding hydrogens is 581 g/mol. The Labute approximate surface area is 234 Å². The van der Waals surface area contributed by atoms with Crippen LogP contribution in [0.1, 0.15) is 18.4 Å². The Kier molecular flexibility index (Phi) is 14.4. The van der Waals surface area contributed by atoms with Crippen LogP contribution in [0.15, 0.2) is 56.8 Å². The molecule has 12 heteroatoms. The smallest absolute Gasteiger partial charge is 0.213 e. The van der Waals surface area contributed by atoms with Crippen LogP contribution < -0.4 is 14.2 Å². The summed E-state index contributed by atoms with van der Waals surface area (Å²) in [4.78, 5) is 9.26. The number of nitrogens with zero attached hydrogens (tertiary/aromatic N) is 2. The van der Waals surface area contributed by atoms with E-state index in [4.69, 9.17) is 88.7 Å². The van der Waals surface area contributed by atoms with E-state index < -0.39 is 0 Å². The molecule has 0 bridgehead atoms. The number of benzene rings is 1. The molecule has 0 fully saturated rings. The molecule has 0 amide bonds. The minimum atomic E-state index is 0.120.